The van der Waals surface area contributed by atoms with Crippen molar-refractivity contribution in [2.75, 3.05) is 6.54 Å². The molecular formula is C33H55N3O3S. The molecule has 2 rings (SSSR count). The van der Waals surface area contributed by atoms with Crippen molar-refractivity contribution >= 4 is 34.4 Å². The predicted octanol–water partition coefficient (Wildman–Crippen LogP) is 7.69. The molecule has 2 atom stereocenters. The third kappa shape index (κ3) is 11.9. The van der Waals surface area contributed by atoms with Gasteiger partial charge in [-0.05, 0) is 62.0 Å². The van der Waals surface area contributed by atoms with Crippen molar-refractivity contribution < 1.29 is 14.4 Å². The molecule has 1 aliphatic rings. The third-order valence-corrected chi connectivity index (χ3v) is 7.77. The zero-order valence-electron chi connectivity index (χ0n) is 27.2. The number of amides is 3. The van der Waals surface area contributed by atoms with E-state index < -0.39 is 17.5 Å². The molecule has 226 valence electrons. The summed E-state index contributed by atoms with van der Waals surface area (Å²) in [4.78, 5) is 41.0. The van der Waals surface area contributed by atoms with E-state index in [1.54, 1.807) is 16.7 Å². The highest BCUT2D eigenvalue weighted by Gasteiger charge is 2.41. The number of likely N-dealkylation sites (tertiary alicyclic amines) is 1. The lowest BCUT2D eigenvalue weighted by Crippen LogP contribution is -2.57. The average molecular weight is 574 g/mol. The lowest BCUT2D eigenvalue weighted by atomic mass is 9.85. The third-order valence-electron chi connectivity index (χ3n) is 6.37. The lowest BCUT2D eigenvalue weighted by molar-refractivity contribution is -0.143. The summed E-state index contributed by atoms with van der Waals surface area (Å²) in [5.74, 6) is -0.599. The van der Waals surface area contributed by atoms with Crippen molar-refractivity contribution in [3.05, 3.63) is 51.9 Å². The van der Waals surface area contributed by atoms with Crippen LogP contribution in [0.15, 0.2) is 40.8 Å². The molecule has 1 fully saturated rings. The number of benzene rings is 1. The van der Waals surface area contributed by atoms with Gasteiger partial charge in [0, 0.05) is 24.9 Å². The highest BCUT2D eigenvalue weighted by Crippen LogP contribution is 2.33. The average Bonchev–Trinajstić information content (AvgIpc) is 3.42. The van der Waals surface area contributed by atoms with Crippen LogP contribution in [0.3, 0.4) is 0 Å². The maximum Gasteiger partial charge on any atom is 0.246 e. The van der Waals surface area contributed by atoms with Gasteiger partial charge in [-0.15, -0.1) is 0 Å². The second kappa shape index (κ2) is 18.7. The van der Waals surface area contributed by atoms with E-state index >= 15 is 0 Å². The van der Waals surface area contributed by atoms with E-state index in [0.29, 0.717) is 19.5 Å². The lowest BCUT2D eigenvalue weighted by Gasteiger charge is -2.35. The molecule has 3 amide bonds. The number of carbonyl (C=O) groups excluding carboxylic acids is 3. The summed E-state index contributed by atoms with van der Waals surface area (Å²) < 4.78 is 0. The highest BCUT2D eigenvalue weighted by atomic mass is 32.2. The van der Waals surface area contributed by atoms with Gasteiger partial charge < -0.3 is 15.5 Å². The SMILES string of the molecule is CC.CC.CCC(C)=CSC(=C(C)C)c1ccc(CNC(=O)C2CCCN2C(=O)C(NC(C)=O)C(C)(C)C)cc1. The van der Waals surface area contributed by atoms with Crippen molar-refractivity contribution in [2.24, 2.45) is 5.41 Å². The second-order valence-electron chi connectivity index (χ2n) is 10.9. The maximum atomic E-state index is 13.3. The molecule has 0 aromatic heterocycles. The normalized spacial score (nSPS) is 15.6. The van der Waals surface area contributed by atoms with Gasteiger partial charge in [-0.2, -0.15) is 0 Å². The largest absolute Gasteiger partial charge is 0.350 e. The first-order chi connectivity index (χ1) is 18.8. The summed E-state index contributed by atoms with van der Waals surface area (Å²) in [6.45, 7) is 24.6. The quantitative estimate of drug-likeness (QED) is 0.317. The fourth-order valence-electron chi connectivity index (χ4n) is 4.12. The molecule has 0 spiro atoms. The van der Waals surface area contributed by atoms with E-state index in [1.165, 1.54) is 23.0 Å². The number of nitrogens with zero attached hydrogens (tertiary/aromatic N) is 1. The topological polar surface area (TPSA) is 78.5 Å². The van der Waals surface area contributed by atoms with Crippen LogP contribution in [-0.2, 0) is 20.9 Å². The van der Waals surface area contributed by atoms with E-state index in [0.717, 1.165) is 24.0 Å². The van der Waals surface area contributed by atoms with Crippen LogP contribution < -0.4 is 10.6 Å². The summed E-state index contributed by atoms with van der Waals surface area (Å²) >= 11 is 1.75. The predicted molar refractivity (Wildman–Crippen MR) is 173 cm³/mol. The molecule has 0 saturated carbocycles. The van der Waals surface area contributed by atoms with E-state index in [-0.39, 0.29) is 17.7 Å². The zero-order valence-corrected chi connectivity index (χ0v) is 28.0. The minimum atomic E-state index is -0.672. The molecule has 1 saturated heterocycles. The molecular weight excluding hydrogens is 518 g/mol. The van der Waals surface area contributed by atoms with Crippen LogP contribution in [0.1, 0.15) is 113 Å². The Morgan fingerprint density at radius 3 is 2.08 bits per heavy atom. The van der Waals surface area contributed by atoms with Gasteiger partial charge in [0.25, 0.3) is 0 Å². The van der Waals surface area contributed by atoms with Crippen LogP contribution in [0.5, 0.6) is 0 Å². The van der Waals surface area contributed by atoms with Gasteiger partial charge in [0.05, 0.1) is 0 Å². The van der Waals surface area contributed by atoms with E-state index in [1.807, 2.05) is 60.6 Å². The molecule has 7 heteroatoms. The Hall–Kier alpha value is -2.54. The summed E-state index contributed by atoms with van der Waals surface area (Å²) in [5.41, 5.74) is 4.33. The van der Waals surface area contributed by atoms with Crippen molar-refractivity contribution in [3.63, 3.8) is 0 Å². The fraction of sp³-hybridized carbons (Fsp3) is 0.606. The van der Waals surface area contributed by atoms with Crippen LogP contribution in [0.2, 0.25) is 0 Å². The Morgan fingerprint density at radius 1 is 1.02 bits per heavy atom. The Labute approximate surface area is 248 Å². The van der Waals surface area contributed by atoms with E-state index in [4.69, 9.17) is 0 Å². The molecule has 1 aromatic carbocycles. The van der Waals surface area contributed by atoms with Crippen molar-refractivity contribution in [3.8, 4) is 0 Å². The summed E-state index contributed by atoms with van der Waals surface area (Å²) in [5, 5.41) is 8.01. The fourth-order valence-corrected chi connectivity index (χ4v) is 5.11. The number of hydrogen-bond acceptors (Lipinski definition) is 4. The molecule has 1 heterocycles. The summed E-state index contributed by atoms with van der Waals surface area (Å²) in [7, 11) is 0. The van der Waals surface area contributed by atoms with Gasteiger partial charge >= 0.3 is 0 Å². The molecule has 0 aliphatic carbocycles. The van der Waals surface area contributed by atoms with Crippen LogP contribution in [0.4, 0.5) is 0 Å². The monoisotopic (exact) mass is 573 g/mol. The van der Waals surface area contributed by atoms with Crippen LogP contribution in [-0.4, -0.2) is 41.2 Å². The number of nitrogens with one attached hydrogen (secondary N) is 2. The number of hydrogen-bond donors (Lipinski definition) is 2. The first-order valence-corrected chi connectivity index (χ1v) is 15.7. The van der Waals surface area contributed by atoms with Crippen molar-refractivity contribution in [1.29, 1.82) is 0 Å². The minimum Gasteiger partial charge on any atom is -0.350 e. The first-order valence-electron chi connectivity index (χ1n) is 14.8. The number of thioether (sulfide) groups is 1. The van der Waals surface area contributed by atoms with Gasteiger partial charge in [0.1, 0.15) is 12.1 Å². The first kappa shape index (κ1) is 37.5. The number of rotatable bonds is 9. The smallest absolute Gasteiger partial charge is 0.246 e. The van der Waals surface area contributed by atoms with Gasteiger partial charge in [0.15, 0.2) is 0 Å². The molecule has 40 heavy (non-hydrogen) atoms. The van der Waals surface area contributed by atoms with Crippen LogP contribution in [0, 0.1) is 5.41 Å². The Morgan fingerprint density at radius 2 is 1.60 bits per heavy atom. The van der Waals surface area contributed by atoms with E-state index in [9.17, 15) is 14.4 Å². The maximum absolute atomic E-state index is 13.3. The van der Waals surface area contributed by atoms with E-state index in [2.05, 4.69) is 55.9 Å². The molecule has 2 N–H and O–H groups in total. The van der Waals surface area contributed by atoms with Gasteiger partial charge in [0.2, 0.25) is 17.7 Å². The van der Waals surface area contributed by atoms with Gasteiger partial charge in [-0.25, -0.2) is 0 Å². The molecule has 1 aromatic rings. The Balaban J connectivity index is 0.00000363. The van der Waals surface area contributed by atoms with Crippen LogP contribution >= 0.6 is 11.8 Å². The minimum absolute atomic E-state index is 0.152. The molecule has 0 bridgehead atoms. The Bertz CT molecular complexity index is 1000. The van der Waals surface area contributed by atoms with Crippen molar-refractivity contribution in [1.82, 2.24) is 15.5 Å². The Kier molecular flexibility index (Phi) is 17.6. The standard InChI is InChI=1S/C29H43N3O3S.2C2H6/c1-9-20(4)18-36-25(19(2)3)23-14-12-22(13-15-23)17-30-27(34)24-11-10-16-32(24)28(35)26(29(6,7)8)31-21(5)33;2*1-2/h12-15,18,24,26H,9-11,16-17H2,1-8H3,(H,30,34)(H,31,33);2*1-2H3. The van der Waals surface area contributed by atoms with Crippen molar-refractivity contribution in [2.45, 2.75) is 121 Å². The molecule has 6 nitrogen and oxygen atoms in total. The molecule has 2 unspecified atom stereocenters. The second-order valence-corrected chi connectivity index (χ2v) is 11.7. The van der Waals surface area contributed by atoms with Gasteiger partial charge in [-0.1, -0.05) is 103 Å². The van der Waals surface area contributed by atoms with Crippen LogP contribution in [0.25, 0.3) is 4.91 Å². The van der Waals surface area contributed by atoms with Gasteiger partial charge in [-0.3, -0.25) is 14.4 Å². The molecule has 1 aliphatic heterocycles. The summed E-state index contributed by atoms with van der Waals surface area (Å²) in [6, 6.07) is 7.09. The zero-order chi connectivity index (χ0) is 31.0. The summed E-state index contributed by atoms with van der Waals surface area (Å²) in [6.07, 6.45) is 2.43. The number of carbonyl (C=O) groups is 3. The molecule has 0 radical (unpaired) electrons. The highest BCUT2D eigenvalue weighted by molar-refractivity contribution is 8.11. The number of allylic oxidation sites excluding steroid dienone is 2.